The van der Waals surface area contributed by atoms with Gasteiger partial charge in [0.1, 0.15) is 5.69 Å². The van der Waals surface area contributed by atoms with Crippen molar-refractivity contribution in [3.63, 3.8) is 0 Å². The first kappa shape index (κ1) is 19.7. The van der Waals surface area contributed by atoms with Crippen LogP contribution in [0.2, 0.25) is 0 Å². The minimum absolute atomic E-state index is 0.136. The molecular formula is C27H22N4O. The van der Waals surface area contributed by atoms with Gasteiger partial charge < -0.3 is 0 Å². The van der Waals surface area contributed by atoms with E-state index in [2.05, 4.69) is 10.2 Å². The van der Waals surface area contributed by atoms with E-state index in [4.69, 9.17) is 5.10 Å². The topological polar surface area (TPSA) is 63.6 Å². The van der Waals surface area contributed by atoms with Crippen molar-refractivity contribution < 1.29 is 0 Å². The van der Waals surface area contributed by atoms with Crippen molar-refractivity contribution in [2.45, 2.75) is 13.5 Å². The lowest BCUT2D eigenvalue weighted by Crippen LogP contribution is -2.23. The molecule has 0 spiro atoms. The van der Waals surface area contributed by atoms with Crippen LogP contribution in [0.4, 0.5) is 0 Å². The number of aryl methyl sites for hydroxylation is 1. The lowest BCUT2D eigenvalue weighted by atomic mass is 9.99. The molecule has 2 heterocycles. The van der Waals surface area contributed by atoms with E-state index in [0.29, 0.717) is 12.2 Å². The summed E-state index contributed by atoms with van der Waals surface area (Å²) in [6.45, 7) is 2.46. The number of aromatic nitrogens is 4. The standard InChI is InChI=1S/C27H22N4O/c1-19-10-8-9-15-22(19)18-31-24(32)17-16-23(30-31)25-26(20-11-4-2-5-12-20)28-29-27(25)21-13-6-3-7-14-21/h2-17H,18H2,1H3,(H,28,29). The van der Waals surface area contributed by atoms with E-state index < -0.39 is 0 Å². The smallest absolute Gasteiger partial charge is 0.267 e. The van der Waals surface area contributed by atoms with E-state index in [-0.39, 0.29) is 5.56 Å². The van der Waals surface area contributed by atoms with Crippen molar-refractivity contribution in [2.75, 3.05) is 0 Å². The van der Waals surface area contributed by atoms with Gasteiger partial charge in [-0.05, 0) is 24.1 Å². The normalized spacial score (nSPS) is 10.9. The molecule has 0 atom stereocenters. The Kier molecular flexibility index (Phi) is 5.22. The number of nitrogens with one attached hydrogen (secondary N) is 1. The zero-order valence-corrected chi connectivity index (χ0v) is 17.7. The fraction of sp³-hybridized carbons (Fsp3) is 0.0741. The minimum Gasteiger partial charge on any atom is -0.277 e. The maximum absolute atomic E-state index is 12.6. The molecule has 156 valence electrons. The lowest BCUT2D eigenvalue weighted by molar-refractivity contribution is 0.640. The van der Waals surface area contributed by atoms with Crippen molar-refractivity contribution in [3.8, 4) is 33.8 Å². The highest BCUT2D eigenvalue weighted by Crippen LogP contribution is 2.36. The number of hydrogen-bond donors (Lipinski definition) is 1. The van der Waals surface area contributed by atoms with E-state index in [1.807, 2.05) is 91.9 Å². The molecule has 5 heteroatoms. The van der Waals surface area contributed by atoms with Crippen LogP contribution >= 0.6 is 0 Å². The maximum Gasteiger partial charge on any atom is 0.267 e. The van der Waals surface area contributed by atoms with E-state index in [1.165, 1.54) is 4.68 Å². The van der Waals surface area contributed by atoms with Crippen molar-refractivity contribution in [1.29, 1.82) is 0 Å². The van der Waals surface area contributed by atoms with E-state index in [0.717, 1.165) is 39.2 Å². The van der Waals surface area contributed by atoms with Crippen LogP contribution < -0.4 is 5.56 Å². The van der Waals surface area contributed by atoms with Gasteiger partial charge in [-0.15, -0.1) is 0 Å². The minimum atomic E-state index is -0.136. The fourth-order valence-electron chi connectivity index (χ4n) is 3.85. The van der Waals surface area contributed by atoms with Crippen LogP contribution in [0, 0.1) is 6.92 Å². The van der Waals surface area contributed by atoms with Gasteiger partial charge in [0.05, 0.1) is 23.5 Å². The molecule has 1 N–H and O–H groups in total. The number of benzene rings is 3. The molecule has 0 bridgehead atoms. The number of nitrogens with zero attached hydrogens (tertiary/aromatic N) is 3. The van der Waals surface area contributed by atoms with Crippen LogP contribution in [0.15, 0.2) is 102 Å². The molecule has 0 saturated carbocycles. The van der Waals surface area contributed by atoms with Gasteiger partial charge in [-0.1, -0.05) is 84.9 Å². The molecule has 0 unspecified atom stereocenters. The predicted octanol–water partition coefficient (Wildman–Crippen LogP) is 5.32. The van der Waals surface area contributed by atoms with Gasteiger partial charge in [-0.2, -0.15) is 10.2 Å². The zero-order chi connectivity index (χ0) is 21.9. The summed E-state index contributed by atoms with van der Waals surface area (Å²) in [7, 11) is 0. The van der Waals surface area contributed by atoms with Gasteiger partial charge in [0.2, 0.25) is 0 Å². The highest BCUT2D eigenvalue weighted by atomic mass is 16.1. The Hall–Kier alpha value is -4.25. The van der Waals surface area contributed by atoms with E-state index >= 15 is 0 Å². The first-order valence-corrected chi connectivity index (χ1v) is 10.5. The molecule has 0 saturated heterocycles. The Morgan fingerprint density at radius 1 is 0.781 bits per heavy atom. The van der Waals surface area contributed by atoms with Gasteiger partial charge >= 0.3 is 0 Å². The largest absolute Gasteiger partial charge is 0.277 e. The zero-order valence-electron chi connectivity index (χ0n) is 17.7. The van der Waals surface area contributed by atoms with Gasteiger partial charge in [-0.25, -0.2) is 4.68 Å². The van der Waals surface area contributed by atoms with E-state index in [1.54, 1.807) is 12.1 Å². The van der Waals surface area contributed by atoms with Gasteiger partial charge in [-0.3, -0.25) is 9.89 Å². The monoisotopic (exact) mass is 418 g/mol. The highest BCUT2D eigenvalue weighted by Gasteiger charge is 2.20. The molecule has 0 fully saturated rings. The third-order valence-electron chi connectivity index (χ3n) is 5.58. The molecule has 0 aliphatic heterocycles. The molecule has 2 aromatic heterocycles. The average molecular weight is 419 g/mol. The van der Waals surface area contributed by atoms with Crippen molar-refractivity contribution in [2.24, 2.45) is 0 Å². The van der Waals surface area contributed by atoms with Gasteiger partial charge in [0.15, 0.2) is 0 Å². The number of aromatic amines is 1. The molecule has 32 heavy (non-hydrogen) atoms. The Bertz CT molecular complexity index is 1360. The second-order valence-electron chi connectivity index (χ2n) is 7.70. The molecule has 0 aliphatic carbocycles. The number of H-pyrrole nitrogens is 1. The number of rotatable bonds is 5. The molecule has 0 radical (unpaired) electrons. The van der Waals surface area contributed by atoms with Gasteiger partial charge in [0, 0.05) is 17.2 Å². The first-order valence-electron chi connectivity index (χ1n) is 10.5. The van der Waals surface area contributed by atoms with Crippen molar-refractivity contribution in [3.05, 3.63) is 119 Å². The molecule has 5 rings (SSSR count). The summed E-state index contributed by atoms with van der Waals surface area (Å²) in [6.07, 6.45) is 0. The number of hydrogen-bond acceptors (Lipinski definition) is 3. The van der Waals surface area contributed by atoms with Crippen molar-refractivity contribution >= 4 is 0 Å². The third-order valence-corrected chi connectivity index (χ3v) is 5.58. The Morgan fingerprint density at radius 3 is 2.16 bits per heavy atom. The fourth-order valence-corrected chi connectivity index (χ4v) is 3.85. The summed E-state index contributed by atoms with van der Waals surface area (Å²) in [5, 5.41) is 12.6. The lowest BCUT2D eigenvalue weighted by Gasteiger charge is -2.11. The molecule has 0 amide bonds. The molecule has 5 nitrogen and oxygen atoms in total. The van der Waals surface area contributed by atoms with Crippen molar-refractivity contribution in [1.82, 2.24) is 20.0 Å². The van der Waals surface area contributed by atoms with Crippen LogP contribution in [0.25, 0.3) is 33.8 Å². The summed E-state index contributed by atoms with van der Waals surface area (Å²) in [4.78, 5) is 12.6. The van der Waals surface area contributed by atoms with E-state index in [9.17, 15) is 4.79 Å². The Balaban J connectivity index is 1.68. The summed E-state index contributed by atoms with van der Waals surface area (Å²) in [5.41, 5.74) is 7.31. The summed E-state index contributed by atoms with van der Waals surface area (Å²) in [5.74, 6) is 0. The molecule has 5 aromatic rings. The SMILES string of the molecule is Cc1ccccc1Cn1nc(-c2c(-c3ccccc3)n[nH]c2-c2ccccc2)ccc1=O. The second kappa shape index (κ2) is 8.47. The average Bonchev–Trinajstić information content (AvgIpc) is 3.28. The molecule has 3 aromatic carbocycles. The van der Waals surface area contributed by atoms with Crippen LogP contribution in [-0.2, 0) is 6.54 Å². The summed E-state index contributed by atoms with van der Waals surface area (Å²) < 4.78 is 1.52. The van der Waals surface area contributed by atoms with Gasteiger partial charge in [0.25, 0.3) is 5.56 Å². The maximum atomic E-state index is 12.6. The second-order valence-corrected chi connectivity index (χ2v) is 7.70. The molecular weight excluding hydrogens is 396 g/mol. The summed E-state index contributed by atoms with van der Waals surface area (Å²) in [6, 6.07) is 31.5. The third kappa shape index (κ3) is 3.76. The van der Waals surface area contributed by atoms with Crippen LogP contribution in [0.3, 0.4) is 0 Å². The Labute approximate surface area is 186 Å². The molecule has 0 aliphatic rings. The van der Waals surface area contributed by atoms with Crippen LogP contribution in [0.1, 0.15) is 11.1 Å². The summed E-state index contributed by atoms with van der Waals surface area (Å²) >= 11 is 0. The quantitative estimate of drug-likeness (QED) is 0.420. The first-order chi connectivity index (χ1) is 15.7. The highest BCUT2D eigenvalue weighted by molar-refractivity contribution is 5.89. The Morgan fingerprint density at radius 2 is 1.44 bits per heavy atom. The van der Waals surface area contributed by atoms with Crippen LogP contribution in [0.5, 0.6) is 0 Å². The van der Waals surface area contributed by atoms with Crippen LogP contribution in [-0.4, -0.2) is 20.0 Å². The predicted molar refractivity (Wildman–Crippen MR) is 127 cm³/mol.